The number of aromatic amines is 1. The Bertz CT molecular complexity index is 683. The number of fused-ring (bicyclic) bond motifs is 1. The summed E-state index contributed by atoms with van der Waals surface area (Å²) in [6, 6.07) is 12.5. The average molecular weight is 252 g/mol. The highest BCUT2D eigenvalue weighted by molar-refractivity contribution is 5.86. The van der Waals surface area contributed by atoms with Gasteiger partial charge in [0.2, 0.25) is 5.88 Å². The fourth-order valence-electron chi connectivity index (χ4n) is 2.26. The second kappa shape index (κ2) is 4.76. The van der Waals surface area contributed by atoms with Crippen molar-refractivity contribution in [3.05, 3.63) is 48.2 Å². The van der Waals surface area contributed by atoms with E-state index in [1.165, 1.54) is 10.9 Å². The summed E-state index contributed by atoms with van der Waals surface area (Å²) in [7, 11) is 1.65. The van der Waals surface area contributed by atoms with Gasteiger partial charge in [-0.3, -0.25) is 0 Å². The summed E-state index contributed by atoms with van der Waals surface area (Å²) < 4.78 is 5.36. The van der Waals surface area contributed by atoms with Crippen LogP contribution in [0, 0.1) is 0 Å². The number of aryl methyl sites for hydroxylation is 1. The Morgan fingerprint density at radius 1 is 1.21 bits per heavy atom. The summed E-state index contributed by atoms with van der Waals surface area (Å²) in [5.41, 5.74) is 4.38. The highest BCUT2D eigenvalue weighted by Gasteiger charge is 2.10. The number of nitrogens with one attached hydrogen (secondary N) is 1. The summed E-state index contributed by atoms with van der Waals surface area (Å²) in [6.45, 7) is 2.12. The van der Waals surface area contributed by atoms with E-state index >= 15 is 0 Å². The predicted octanol–water partition coefficient (Wildman–Crippen LogP) is 3.80. The van der Waals surface area contributed by atoms with E-state index in [1.54, 1.807) is 7.11 Å². The Morgan fingerprint density at radius 2 is 2.05 bits per heavy atom. The molecule has 3 aromatic rings. The van der Waals surface area contributed by atoms with E-state index in [2.05, 4.69) is 41.2 Å². The Labute approximate surface area is 112 Å². The molecule has 0 atom stereocenters. The first-order valence-electron chi connectivity index (χ1n) is 6.43. The van der Waals surface area contributed by atoms with Crippen molar-refractivity contribution in [1.82, 2.24) is 9.97 Å². The van der Waals surface area contributed by atoms with E-state index in [1.807, 2.05) is 18.3 Å². The van der Waals surface area contributed by atoms with Crippen molar-refractivity contribution in [3.63, 3.8) is 0 Å². The van der Waals surface area contributed by atoms with Crippen LogP contribution in [0.5, 0.6) is 5.88 Å². The topological polar surface area (TPSA) is 37.9 Å². The van der Waals surface area contributed by atoms with Gasteiger partial charge in [0.1, 0.15) is 0 Å². The smallest absolute Gasteiger partial charge is 0.222 e. The summed E-state index contributed by atoms with van der Waals surface area (Å²) in [5.74, 6) is 0.656. The van der Waals surface area contributed by atoms with Gasteiger partial charge in [0.25, 0.3) is 0 Å². The largest absolute Gasteiger partial charge is 0.481 e. The molecule has 0 spiro atoms. The van der Waals surface area contributed by atoms with Crippen LogP contribution in [0.2, 0.25) is 0 Å². The minimum atomic E-state index is 0.656. The summed E-state index contributed by atoms with van der Waals surface area (Å²) >= 11 is 0. The number of ether oxygens (including phenoxy) is 1. The number of rotatable bonds is 3. The van der Waals surface area contributed by atoms with Crippen LogP contribution in [0.4, 0.5) is 0 Å². The van der Waals surface area contributed by atoms with Gasteiger partial charge >= 0.3 is 0 Å². The van der Waals surface area contributed by atoms with Crippen LogP contribution in [0.3, 0.4) is 0 Å². The first-order valence-corrected chi connectivity index (χ1v) is 6.43. The number of benzene rings is 1. The maximum Gasteiger partial charge on any atom is 0.222 e. The zero-order chi connectivity index (χ0) is 13.2. The van der Waals surface area contributed by atoms with Crippen molar-refractivity contribution in [3.8, 4) is 17.1 Å². The molecule has 96 valence electrons. The highest BCUT2D eigenvalue weighted by Crippen LogP contribution is 2.30. The molecule has 1 aromatic carbocycles. The van der Waals surface area contributed by atoms with E-state index in [0.29, 0.717) is 5.88 Å². The van der Waals surface area contributed by atoms with E-state index in [4.69, 9.17) is 4.74 Å². The molecule has 0 saturated heterocycles. The third-order valence-corrected chi connectivity index (χ3v) is 3.33. The molecule has 3 rings (SSSR count). The maximum atomic E-state index is 5.36. The Hall–Kier alpha value is -2.29. The zero-order valence-electron chi connectivity index (χ0n) is 11.1. The van der Waals surface area contributed by atoms with Gasteiger partial charge in [0, 0.05) is 17.1 Å². The number of H-pyrrole nitrogens is 1. The second-order valence-corrected chi connectivity index (χ2v) is 4.52. The molecule has 1 N–H and O–H groups in total. The first kappa shape index (κ1) is 11.8. The average Bonchev–Trinajstić information content (AvgIpc) is 2.90. The molecule has 0 aliphatic carbocycles. The number of aromatic nitrogens is 2. The number of nitrogens with zero attached hydrogens (tertiary/aromatic N) is 1. The Morgan fingerprint density at radius 3 is 2.79 bits per heavy atom. The Balaban J connectivity index is 2.19. The second-order valence-electron chi connectivity index (χ2n) is 4.52. The van der Waals surface area contributed by atoms with E-state index < -0.39 is 0 Å². The molecule has 3 heteroatoms. The molecule has 0 aliphatic heterocycles. The van der Waals surface area contributed by atoms with Gasteiger partial charge in [-0.25, -0.2) is 4.98 Å². The van der Waals surface area contributed by atoms with Gasteiger partial charge in [-0.2, -0.15) is 0 Å². The van der Waals surface area contributed by atoms with E-state index in [0.717, 1.165) is 23.2 Å². The third-order valence-electron chi connectivity index (χ3n) is 3.33. The van der Waals surface area contributed by atoms with E-state index in [-0.39, 0.29) is 0 Å². The molecule has 0 aliphatic rings. The molecular formula is C16H16N2O. The van der Waals surface area contributed by atoms with Crippen molar-refractivity contribution in [2.24, 2.45) is 0 Å². The first-order chi connectivity index (χ1) is 9.31. The zero-order valence-corrected chi connectivity index (χ0v) is 11.1. The van der Waals surface area contributed by atoms with Gasteiger partial charge in [0.05, 0.1) is 18.4 Å². The van der Waals surface area contributed by atoms with E-state index in [9.17, 15) is 0 Å². The number of methoxy groups -OCH3 is 1. The van der Waals surface area contributed by atoms with Crippen molar-refractivity contribution in [2.75, 3.05) is 7.11 Å². The molecule has 0 amide bonds. The number of para-hydroxylation sites is 1. The molecule has 19 heavy (non-hydrogen) atoms. The number of pyridine rings is 1. The molecule has 0 saturated carbocycles. The van der Waals surface area contributed by atoms with Gasteiger partial charge in [-0.05, 0) is 30.2 Å². The fraction of sp³-hybridized carbons (Fsp3) is 0.188. The predicted molar refractivity (Wildman–Crippen MR) is 77.5 cm³/mol. The highest BCUT2D eigenvalue weighted by atomic mass is 16.5. The van der Waals surface area contributed by atoms with Crippen LogP contribution >= 0.6 is 0 Å². The van der Waals surface area contributed by atoms with Crippen LogP contribution in [-0.2, 0) is 6.42 Å². The lowest BCUT2D eigenvalue weighted by atomic mass is 10.1. The van der Waals surface area contributed by atoms with Crippen LogP contribution in [0.1, 0.15) is 12.5 Å². The normalized spacial score (nSPS) is 10.8. The summed E-state index contributed by atoms with van der Waals surface area (Å²) in [5, 5.41) is 1.20. The van der Waals surface area contributed by atoms with Gasteiger partial charge in [0.15, 0.2) is 0 Å². The van der Waals surface area contributed by atoms with Gasteiger partial charge in [-0.1, -0.05) is 25.1 Å². The SMILES string of the molecule is CCc1cnc(OC)c(-c2cc3ccccc3[nH]2)c1. The molecule has 3 nitrogen and oxygen atoms in total. The third kappa shape index (κ3) is 2.08. The van der Waals surface area contributed by atoms with Crippen molar-refractivity contribution in [1.29, 1.82) is 0 Å². The van der Waals surface area contributed by atoms with Crippen molar-refractivity contribution < 1.29 is 4.74 Å². The van der Waals surface area contributed by atoms with Gasteiger partial charge < -0.3 is 9.72 Å². The number of hydrogen-bond donors (Lipinski definition) is 1. The quantitative estimate of drug-likeness (QED) is 0.770. The number of hydrogen-bond acceptors (Lipinski definition) is 2. The molecule has 0 bridgehead atoms. The summed E-state index contributed by atoms with van der Waals surface area (Å²) in [4.78, 5) is 7.79. The minimum Gasteiger partial charge on any atom is -0.481 e. The van der Waals surface area contributed by atoms with Crippen LogP contribution in [-0.4, -0.2) is 17.1 Å². The molecule has 0 fully saturated rings. The minimum absolute atomic E-state index is 0.656. The monoisotopic (exact) mass is 252 g/mol. The standard InChI is InChI=1S/C16H16N2O/c1-3-11-8-13(16(19-2)17-10-11)15-9-12-6-4-5-7-14(12)18-15/h4-10,18H,3H2,1-2H3. The lowest BCUT2D eigenvalue weighted by Crippen LogP contribution is -1.94. The maximum absolute atomic E-state index is 5.36. The Kier molecular flexibility index (Phi) is 2.95. The lowest BCUT2D eigenvalue weighted by molar-refractivity contribution is 0.399. The van der Waals surface area contributed by atoms with Crippen LogP contribution in [0.15, 0.2) is 42.6 Å². The summed E-state index contributed by atoms with van der Waals surface area (Å²) in [6.07, 6.45) is 2.83. The molecule has 2 heterocycles. The molecule has 2 aromatic heterocycles. The molecule has 0 radical (unpaired) electrons. The van der Waals surface area contributed by atoms with Crippen molar-refractivity contribution >= 4 is 10.9 Å². The molecule has 0 unspecified atom stereocenters. The lowest BCUT2D eigenvalue weighted by Gasteiger charge is -2.07. The van der Waals surface area contributed by atoms with Crippen molar-refractivity contribution in [2.45, 2.75) is 13.3 Å². The molecular weight excluding hydrogens is 236 g/mol. The van der Waals surface area contributed by atoms with Gasteiger partial charge in [-0.15, -0.1) is 0 Å². The van der Waals surface area contributed by atoms with Crippen LogP contribution in [0.25, 0.3) is 22.2 Å². The fourth-order valence-corrected chi connectivity index (χ4v) is 2.26. The van der Waals surface area contributed by atoms with Crippen LogP contribution < -0.4 is 4.74 Å².